The lowest BCUT2D eigenvalue weighted by atomic mass is 10.2. The summed E-state index contributed by atoms with van der Waals surface area (Å²) in [6.07, 6.45) is 0. The summed E-state index contributed by atoms with van der Waals surface area (Å²) in [6, 6.07) is 2.23. The van der Waals surface area contributed by atoms with E-state index in [1.54, 1.807) is 11.3 Å². The molecule has 0 N–H and O–H groups in total. The van der Waals surface area contributed by atoms with E-state index in [9.17, 15) is 0 Å². The Morgan fingerprint density at radius 3 is 2.93 bits per heavy atom. The molecule has 0 saturated heterocycles. The van der Waals surface area contributed by atoms with Gasteiger partial charge in [-0.15, -0.1) is 11.3 Å². The normalized spacial score (nSPS) is 12.1. The molecule has 3 nitrogen and oxygen atoms in total. The molecule has 0 aliphatic rings. The molecule has 0 radical (unpaired) electrons. The van der Waals surface area contributed by atoms with Crippen LogP contribution in [0, 0.1) is 17.2 Å². The minimum Gasteiger partial charge on any atom is -0.347 e. The van der Waals surface area contributed by atoms with Gasteiger partial charge in [0, 0.05) is 18.5 Å². The quantitative estimate of drug-likeness (QED) is 0.847. The van der Waals surface area contributed by atoms with Gasteiger partial charge in [0.25, 0.3) is 0 Å². The lowest BCUT2D eigenvalue weighted by Crippen LogP contribution is -2.27. The zero-order valence-corrected chi connectivity index (χ0v) is 10.6. The second kappa shape index (κ2) is 5.32. The highest BCUT2D eigenvalue weighted by Crippen LogP contribution is 2.23. The molecule has 1 atom stereocenters. The second-order valence-electron chi connectivity index (χ2n) is 3.02. The zero-order valence-electron chi connectivity index (χ0n) is 8.20. The maximum atomic E-state index is 8.73. The summed E-state index contributed by atoms with van der Waals surface area (Å²) in [5.41, 5.74) is 0. The summed E-state index contributed by atoms with van der Waals surface area (Å²) < 4.78 is 0.862. The lowest BCUT2D eigenvalue weighted by Gasteiger charge is -2.20. The van der Waals surface area contributed by atoms with Crippen molar-refractivity contribution in [3.63, 3.8) is 0 Å². The minimum atomic E-state index is 0.0395. The van der Waals surface area contributed by atoms with E-state index in [-0.39, 0.29) is 5.92 Å². The topological polar surface area (TPSA) is 39.9 Å². The number of hydrogen-bond donors (Lipinski definition) is 0. The first-order valence-corrected chi connectivity index (χ1v) is 6.10. The Kier molecular flexibility index (Phi) is 4.36. The van der Waals surface area contributed by atoms with Crippen molar-refractivity contribution in [1.82, 2.24) is 4.98 Å². The molecule has 0 saturated carbocycles. The van der Waals surface area contributed by atoms with E-state index in [0.29, 0.717) is 0 Å². The molecule has 1 heterocycles. The van der Waals surface area contributed by atoms with Crippen molar-refractivity contribution >= 4 is 32.4 Å². The number of rotatable bonds is 4. The Balaban J connectivity index is 2.68. The largest absolute Gasteiger partial charge is 0.347 e. The SMILES string of the molecule is CCN(CC(C)C#N)c1nc(Br)cs1. The number of hydrogen-bond acceptors (Lipinski definition) is 4. The van der Waals surface area contributed by atoms with Crippen molar-refractivity contribution in [1.29, 1.82) is 5.26 Å². The summed E-state index contributed by atoms with van der Waals surface area (Å²) in [5, 5.41) is 11.7. The zero-order chi connectivity index (χ0) is 10.6. The Bertz CT molecular complexity index is 331. The smallest absolute Gasteiger partial charge is 0.186 e. The standard InChI is InChI=1S/C9H12BrN3S/c1-3-13(5-7(2)4-11)9-12-8(10)6-14-9/h6-7H,3,5H2,1-2H3. The Hall–Kier alpha value is -0.600. The molecule has 1 aromatic rings. The monoisotopic (exact) mass is 273 g/mol. The summed E-state index contributed by atoms with van der Waals surface area (Å²) in [6.45, 7) is 5.61. The van der Waals surface area contributed by atoms with Crippen LogP contribution in [-0.4, -0.2) is 18.1 Å². The Labute approximate surface area is 96.5 Å². The first kappa shape index (κ1) is 11.5. The number of nitriles is 1. The number of aromatic nitrogens is 1. The van der Waals surface area contributed by atoms with Crippen LogP contribution in [0.25, 0.3) is 0 Å². The summed E-state index contributed by atoms with van der Waals surface area (Å²) in [5.74, 6) is 0.0395. The van der Waals surface area contributed by atoms with Crippen LogP contribution in [0.5, 0.6) is 0 Å². The fourth-order valence-electron chi connectivity index (χ4n) is 1.10. The molecule has 0 aliphatic heterocycles. The van der Waals surface area contributed by atoms with Crippen LogP contribution in [0.1, 0.15) is 13.8 Å². The van der Waals surface area contributed by atoms with Crippen molar-refractivity contribution in [2.45, 2.75) is 13.8 Å². The summed E-state index contributed by atoms with van der Waals surface area (Å²) >= 11 is 4.91. The molecule has 0 fully saturated rings. The summed E-state index contributed by atoms with van der Waals surface area (Å²) in [7, 11) is 0. The lowest BCUT2D eigenvalue weighted by molar-refractivity contribution is 0.684. The van der Waals surface area contributed by atoms with Crippen LogP contribution >= 0.6 is 27.3 Å². The van der Waals surface area contributed by atoms with Gasteiger partial charge in [-0.2, -0.15) is 5.26 Å². The molecule has 0 spiro atoms. The third-order valence-corrected chi connectivity index (χ3v) is 3.44. The van der Waals surface area contributed by atoms with Crippen LogP contribution in [0.3, 0.4) is 0 Å². The van der Waals surface area contributed by atoms with E-state index in [1.807, 2.05) is 12.3 Å². The molecule has 0 amide bonds. The van der Waals surface area contributed by atoms with Crippen molar-refractivity contribution < 1.29 is 0 Å². The molecule has 14 heavy (non-hydrogen) atoms. The van der Waals surface area contributed by atoms with Gasteiger partial charge in [-0.3, -0.25) is 0 Å². The molecule has 0 aromatic carbocycles. The molecule has 5 heteroatoms. The number of anilines is 1. The van der Waals surface area contributed by atoms with E-state index >= 15 is 0 Å². The number of nitrogens with zero attached hydrogens (tertiary/aromatic N) is 3. The maximum absolute atomic E-state index is 8.73. The molecule has 1 rings (SSSR count). The van der Waals surface area contributed by atoms with Crippen molar-refractivity contribution in [2.24, 2.45) is 5.92 Å². The van der Waals surface area contributed by atoms with Gasteiger partial charge >= 0.3 is 0 Å². The predicted octanol–water partition coefficient (Wildman–Crippen LogP) is 2.89. The van der Waals surface area contributed by atoms with E-state index in [0.717, 1.165) is 22.8 Å². The van der Waals surface area contributed by atoms with Crippen molar-refractivity contribution in [2.75, 3.05) is 18.0 Å². The highest BCUT2D eigenvalue weighted by atomic mass is 79.9. The van der Waals surface area contributed by atoms with Gasteiger partial charge in [-0.05, 0) is 29.8 Å². The first-order valence-electron chi connectivity index (χ1n) is 4.43. The van der Waals surface area contributed by atoms with Crippen LogP contribution in [0.15, 0.2) is 9.98 Å². The van der Waals surface area contributed by atoms with Crippen molar-refractivity contribution in [3.8, 4) is 6.07 Å². The number of halogens is 1. The van der Waals surface area contributed by atoms with Crippen LogP contribution < -0.4 is 4.90 Å². The average molecular weight is 274 g/mol. The maximum Gasteiger partial charge on any atom is 0.186 e. The van der Waals surface area contributed by atoms with Gasteiger partial charge in [0.15, 0.2) is 5.13 Å². The van der Waals surface area contributed by atoms with E-state index in [1.165, 1.54) is 0 Å². The Morgan fingerprint density at radius 2 is 2.50 bits per heavy atom. The van der Waals surface area contributed by atoms with Gasteiger partial charge < -0.3 is 4.90 Å². The van der Waals surface area contributed by atoms with E-state index in [2.05, 4.69) is 38.8 Å². The third kappa shape index (κ3) is 2.96. The molecular formula is C9H12BrN3S. The van der Waals surface area contributed by atoms with E-state index < -0.39 is 0 Å². The molecule has 0 aliphatic carbocycles. The first-order chi connectivity index (χ1) is 6.67. The van der Waals surface area contributed by atoms with Crippen LogP contribution in [0.4, 0.5) is 5.13 Å². The van der Waals surface area contributed by atoms with Crippen LogP contribution in [-0.2, 0) is 0 Å². The molecular weight excluding hydrogens is 262 g/mol. The van der Waals surface area contributed by atoms with Gasteiger partial charge in [0.2, 0.25) is 0 Å². The average Bonchev–Trinajstić information content (AvgIpc) is 2.60. The second-order valence-corrected chi connectivity index (χ2v) is 4.67. The van der Waals surface area contributed by atoms with Crippen LogP contribution in [0.2, 0.25) is 0 Å². The molecule has 0 bridgehead atoms. The van der Waals surface area contributed by atoms with Gasteiger partial charge in [0.1, 0.15) is 4.60 Å². The highest BCUT2D eigenvalue weighted by Gasteiger charge is 2.11. The predicted molar refractivity (Wildman–Crippen MR) is 62.5 cm³/mol. The van der Waals surface area contributed by atoms with Crippen molar-refractivity contribution in [3.05, 3.63) is 9.98 Å². The van der Waals surface area contributed by atoms with Gasteiger partial charge in [-0.1, -0.05) is 0 Å². The number of thiazole rings is 1. The summed E-state index contributed by atoms with van der Waals surface area (Å²) in [4.78, 5) is 6.44. The third-order valence-electron chi connectivity index (χ3n) is 1.83. The molecule has 1 aromatic heterocycles. The van der Waals surface area contributed by atoms with E-state index in [4.69, 9.17) is 5.26 Å². The molecule has 76 valence electrons. The fraction of sp³-hybridized carbons (Fsp3) is 0.556. The Morgan fingerprint density at radius 1 is 1.79 bits per heavy atom. The fourth-order valence-corrected chi connectivity index (χ4v) is 2.43. The van der Waals surface area contributed by atoms with Gasteiger partial charge in [0.05, 0.1) is 12.0 Å². The van der Waals surface area contributed by atoms with Gasteiger partial charge in [-0.25, -0.2) is 4.98 Å². The minimum absolute atomic E-state index is 0.0395. The highest BCUT2D eigenvalue weighted by molar-refractivity contribution is 9.10. The molecule has 1 unspecified atom stereocenters.